The van der Waals surface area contributed by atoms with Crippen LogP contribution >= 0.6 is 0 Å². The molecule has 0 spiro atoms. The molecule has 2 unspecified atom stereocenters. The topological polar surface area (TPSA) is 30.5 Å². The van der Waals surface area contributed by atoms with Crippen molar-refractivity contribution in [3.8, 4) is 0 Å². The second kappa shape index (κ2) is 6.15. The summed E-state index contributed by atoms with van der Waals surface area (Å²) >= 11 is 0. The molecule has 1 aromatic rings. The fourth-order valence-corrected chi connectivity index (χ4v) is 2.45. The molecule has 0 saturated carbocycles. The van der Waals surface area contributed by atoms with Crippen molar-refractivity contribution in [3.63, 3.8) is 0 Å². The molecule has 94 valence electrons. The van der Waals surface area contributed by atoms with Crippen LogP contribution < -0.4 is 5.32 Å². The predicted octanol–water partition coefficient (Wildman–Crippen LogP) is 1.92. The highest BCUT2D eigenvalue weighted by Gasteiger charge is 2.27. The van der Waals surface area contributed by atoms with Crippen LogP contribution in [0, 0.1) is 0 Å². The average Bonchev–Trinajstić information content (AvgIpc) is 2.38. The highest BCUT2D eigenvalue weighted by atomic mass is 16.5. The van der Waals surface area contributed by atoms with Gasteiger partial charge in [0, 0.05) is 7.11 Å². The quantitative estimate of drug-likeness (QED) is 0.846. The zero-order valence-electron chi connectivity index (χ0n) is 10.6. The number of hydrogen-bond donors (Lipinski definition) is 1. The number of methoxy groups -OCH3 is 1. The van der Waals surface area contributed by atoms with Gasteiger partial charge in [-0.15, -0.1) is 0 Å². The Kier molecular flexibility index (Phi) is 4.54. The number of nitrogens with one attached hydrogen (secondary N) is 1. The normalized spacial score (nSPS) is 20.9. The van der Waals surface area contributed by atoms with E-state index in [0.717, 1.165) is 19.6 Å². The molecule has 1 aromatic carbocycles. The summed E-state index contributed by atoms with van der Waals surface area (Å²) in [6.45, 7) is 4.51. The summed E-state index contributed by atoms with van der Waals surface area (Å²) in [5.74, 6) is 0. The second-order valence-corrected chi connectivity index (χ2v) is 4.36. The number of fused-ring (bicyclic) bond motifs is 1. The van der Waals surface area contributed by atoms with Gasteiger partial charge in [-0.1, -0.05) is 31.2 Å². The summed E-state index contributed by atoms with van der Waals surface area (Å²) in [5, 5.41) is 3.44. The van der Waals surface area contributed by atoms with E-state index in [4.69, 9.17) is 9.47 Å². The molecule has 1 aliphatic rings. The van der Waals surface area contributed by atoms with Crippen LogP contribution in [0.2, 0.25) is 0 Å². The van der Waals surface area contributed by atoms with Crippen molar-refractivity contribution in [1.29, 1.82) is 0 Å². The van der Waals surface area contributed by atoms with Crippen molar-refractivity contribution in [1.82, 2.24) is 5.32 Å². The Balaban J connectivity index is 2.20. The van der Waals surface area contributed by atoms with Crippen molar-refractivity contribution in [2.45, 2.75) is 25.5 Å². The highest BCUT2D eigenvalue weighted by Crippen LogP contribution is 2.29. The summed E-state index contributed by atoms with van der Waals surface area (Å²) in [6.07, 6.45) is 1.12. The third kappa shape index (κ3) is 2.86. The summed E-state index contributed by atoms with van der Waals surface area (Å²) < 4.78 is 11.2. The Bertz CT molecular complexity index is 348. The van der Waals surface area contributed by atoms with Gasteiger partial charge in [0.2, 0.25) is 0 Å². The van der Waals surface area contributed by atoms with E-state index in [0.29, 0.717) is 6.61 Å². The largest absolute Gasteiger partial charge is 0.383 e. The van der Waals surface area contributed by atoms with Crippen LogP contribution in [0.3, 0.4) is 0 Å². The van der Waals surface area contributed by atoms with Gasteiger partial charge in [0.1, 0.15) is 6.10 Å². The van der Waals surface area contributed by atoms with Gasteiger partial charge in [-0.3, -0.25) is 0 Å². The first-order valence-electron chi connectivity index (χ1n) is 6.28. The lowest BCUT2D eigenvalue weighted by atomic mass is 9.93. The number of likely N-dealkylation sites (N-methyl/N-ethyl adjacent to an activating group) is 1. The van der Waals surface area contributed by atoms with Crippen LogP contribution in [-0.2, 0) is 15.9 Å². The molecule has 0 radical (unpaired) electrons. The molecule has 17 heavy (non-hydrogen) atoms. The number of hydrogen-bond acceptors (Lipinski definition) is 3. The van der Waals surface area contributed by atoms with E-state index < -0.39 is 0 Å². The SMILES string of the molecule is CCNC(COC)C1OCCc2ccccc21. The van der Waals surface area contributed by atoms with Crippen LogP contribution in [-0.4, -0.2) is 32.9 Å². The minimum Gasteiger partial charge on any atom is -0.383 e. The first kappa shape index (κ1) is 12.6. The predicted molar refractivity (Wildman–Crippen MR) is 68.2 cm³/mol. The van der Waals surface area contributed by atoms with Crippen LogP contribution in [0.15, 0.2) is 24.3 Å². The lowest BCUT2D eigenvalue weighted by Crippen LogP contribution is -2.41. The van der Waals surface area contributed by atoms with Crippen LogP contribution in [0.4, 0.5) is 0 Å². The summed E-state index contributed by atoms with van der Waals surface area (Å²) in [7, 11) is 1.74. The Hall–Kier alpha value is -0.900. The van der Waals surface area contributed by atoms with Gasteiger partial charge in [0.25, 0.3) is 0 Å². The van der Waals surface area contributed by atoms with E-state index in [2.05, 4.69) is 36.5 Å². The third-order valence-corrected chi connectivity index (χ3v) is 3.21. The maximum Gasteiger partial charge on any atom is 0.100 e. The van der Waals surface area contributed by atoms with E-state index in [9.17, 15) is 0 Å². The zero-order chi connectivity index (χ0) is 12.1. The van der Waals surface area contributed by atoms with Gasteiger partial charge < -0.3 is 14.8 Å². The van der Waals surface area contributed by atoms with Crippen molar-refractivity contribution in [2.75, 3.05) is 26.9 Å². The average molecular weight is 235 g/mol. The van der Waals surface area contributed by atoms with Gasteiger partial charge in [-0.05, 0) is 24.1 Å². The summed E-state index contributed by atoms with van der Waals surface area (Å²) in [6, 6.07) is 8.77. The standard InChI is InChI=1S/C14H21NO2/c1-3-15-13(10-16-2)14-12-7-5-4-6-11(12)8-9-17-14/h4-7,13-15H,3,8-10H2,1-2H3. The Morgan fingerprint density at radius 3 is 3.06 bits per heavy atom. The van der Waals surface area contributed by atoms with Crippen LogP contribution in [0.25, 0.3) is 0 Å². The first-order chi connectivity index (χ1) is 8.36. The Morgan fingerprint density at radius 2 is 2.29 bits per heavy atom. The second-order valence-electron chi connectivity index (χ2n) is 4.36. The van der Waals surface area contributed by atoms with Crippen molar-refractivity contribution < 1.29 is 9.47 Å². The Morgan fingerprint density at radius 1 is 1.47 bits per heavy atom. The molecule has 1 heterocycles. The molecule has 0 amide bonds. The summed E-state index contributed by atoms with van der Waals surface area (Å²) in [4.78, 5) is 0. The number of rotatable bonds is 5. The molecule has 3 nitrogen and oxygen atoms in total. The third-order valence-electron chi connectivity index (χ3n) is 3.21. The molecule has 0 aliphatic carbocycles. The molecule has 0 bridgehead atoms. The molecule has 0 aromatic heterocycles. The van der Waals surface area contributed by atoms with Gasteiger partial charge in [0.15, 0.2) is 0 Å². The molecule has 0 fully saturated rings. The minimum absolute atomic E-state index is 0.111. The minimum atomic E-state index is 0.111. The monoisotopic (exact) mass is 235 g/mol. The van der Waals surface area contributed by atoms with Crippen LogP contribution in [0.5, 0.6) is 0 Å². The molecular weight excluding hydrogens is 214 g/mol. The molecule has 2 atom stereocenters. The molecule has 0 saturated heterocycles. The molecule has 3 heteroatoms. The van der Waals surface area contributed by atoms with Gasteiger partial charge in [0.05, 0.1) is 19.3 Å². The fraction of sp³-hybridized carbons (Fsp3) is 0.571. The smallest absolute Gasteiger partial charge is 0.100 e. The molecule has 1 aliphatic heterocycles. The molecular formula is C14H21NO2. The van der Waals surface area contributed by atoms with Crippen molar-refractivity contribution >= 4 is 0 Å². The van der Waals surface area contributed by atoms with Crippen molar-refractivity contribution in [3.05, 3.63) is 35.4 Å². The highest BCUT2D eigenvalue weighted by molar-refractivity contribution is 5.32. The van der Waals surface area contributed by atoms with E-state index in [-0.39, 0.29) is 12.1 Å². The Labute approximate surface area is 103 Å². The lowest BCUT2D eigenvalue weighted by Gasteiger charge is -2.32. The van der Waals surface area contributed by atoms with Gasteiger partial charge >= 0.3 is 0 Å². The number of benzene rings is 1. The van der Waals surface area contributed by atoms with Gasteiger partial charge in [-0.2, -0.15) is 0 Å². The van der Waals surface area contributed by atoms with Crippen molar-refractivity contribution in [2.24, 2.45) is 0 Å². The van der Waals surface area contributed by atoms with E-state index in [1.807, 2.05) is 0 Å². The number of ether oxygens (including phenoxy) is 2. The zero-order valence-corrected chi connectivity index (χ0v) is 10.6. The maximum atomic E-state index is 5.93. The first-order valence-corrected chi connectivity index (χ1v) is 6.28. The molecule has 2 rings (SSSR count). The van der Waals surface area contributed by atoms with E-state index >= 15 is 0 Å². The summed E-state index contributed by atoms with van der Waals surface area (Å²) in [5.41, 5.74) is 2.71. The lowest BCUT2D eigenvalue weighted by molar-refractivity contribution is -0.00568. The van der Waals surface area contributed by atoms with Gasteiger partial charge in [-0.25, -0.2) is 0 Å². The fourth-order valence-electron chi connectivity index (χ4n) is 2.45. The van der Waals surface area contributed by atoms with Crippen LogP contribution in [0.1, 0.15) is 24.2 Å². The molecule has 1 N–H and O–H groups in total. The maximum absolute atomic E-state index is 5.93. The van der Waals surface area contributed by atoms with E-state index in [1.54, 1.807) is 7.11 Å². The van der Waals surface area contributed by atoms with E-state index in [1.165, 1.54) is 11.1 Å².